The highest BCUT2D eigenvalue weighted by Crippen LogP contribution is 2.19. The van der Waals surface area contributed by atoms with Gasteiger partial charge in [0.25, 0.3) is 5.91 Å². The molecule has 0 saturated heterocycles. The number of carbonyl (C=O) groups is 1. The van der Waals surface area contributed by atoms with E-state index in [9.17, 15) is 4.79 Å². The Morgan fingerprint density at radius 3 is 2.76 bits per heavy atom. The van der Waals surface area contributed by atoms with Crippen LogP contribution in [0.25, 0.3) is 0 Å². The second-order valence-corrected chi connectivity index (χ2v) is 5.17. The molecule has 0 unspecified atom stereocenters. The molecule has 0 spiro atoms. The van der Waals surface area contributed by atoms with Crippen molar-refractivity contribution in [2.45, 2.75) is 26.7 Å². The number of rotatable bonds is 6. The molecule has 0 aliphatic heterocycles. The van der Waals surface area contributed by atoms with Crippen LogP contribution in [0.4, 0.5) is 0 Å². The molecule has 0 bridgehead atoms. The lowest BCUT2D eigenvalue weighted by molar-refractivity contribution is 0.0773. The number of amides is 1. The van der Waals surface area contributed by atoms with E-state index in [1.165, 1.54) is 11.3 Å². The molecule has 1 heterocycles. The Morgan fingerprint density at radius 1 is 1.53 bits per heavy atom. The number of carbonyl (C=O) groups excluding carboxylic acids is 1. The summed E-state index contributed by atoms with van der Waals surface area (Å²) in [7, 11) is 0. The van der Waals surface area contributed by atoms with Crippen LogP contribution in [-0.4, -0.2) is 28.9 Å². The van der Waals surface area contributed by atoms with Crippen LogP contribution < -0.4 is 5.73 Å². The molecule has 1 aromatic heterocycles. The molecule has 0 aromatic carbocycles. The van der Waals surface area contributed by atoms with Gasteiger partial charge in [0.05, 0.1) is 9.87 Å². The Bertz CT molecular complexity index is 401. The normalized spacial score (nSPS) is 10.2. The van der Waals surface area contributed by atoms with E-state index in [4.69, 9.17) is 18.0 Å². The average molecular weight is 270 g/mol. The van der Waals surface area contributed by atoms with Crippen LogP contribution in [0.15, 0.2) is 11.4 Å². The zero-order valence-electron chi connectivity index (χ0n) is 10.2. The van der Waals surface area contributed by atoms with Crippen LogP contribution in [-0.2, 0) is 6.42 Å². The molecule has 0 fully saturated rings. The molecule has 0 radical (unpaired) electrons. The molecular weight excluding hydrogens is 252 g/mol. The van der Waals surface area contributed by atoms with Crippen molar-refractivity contribution in [1.29, 1.82) is 0 Å². The molecule has 0 saturated carbocycles. The summed E-state index contributed by atoms with van der Waals surface area (Å²) in [6.45, 7) is 5.31. The van der Waals surface area contributed by atoms with Crippen LogP contribution in [0.2, 0.25) is 0 Å². The van der Waals surface area contributed by atoms with Gasteiger partial charge in [-0.25, -0.2) is 0 Å². The number of hydrogen-bond donors (Lipinski definition) is 1. The van der Waals surface area contributed by atoms with E-state index in [0.29, 0.717) is 24.5 Å². The van der Waals surface area contributed by atoms with Gasteiger partial charge >= 0.3 is 0 Å². The van der Waals surface area contributed by atoms with Crippen molar-refractivity contribution in [2.24, 2.45) is 5.73 Å². The second-order valence-electron chi connectivity index (χ2n) is 3.73. The van der Waals surface area contributed by atoms with Crippen LogP contribution >= 0.6 is 23.6 Å². The number of nitrogens with two attached hydrogens (primary N) is 1. The maximum Gasteiger partial charge on any atom is 0.264 e. The minimum absolute atomic E-state index is 0.0931. The predicted molar refractivity (Wildman–Crippen MR) is 76.7 cm³/mol. The summed E-state index contributed by atoms with van der Waals surface area (Å²) in [5.74, 6) is 0.0931. The second kappa shape index (κ2) is 6.71. The van der Waals surface area contributed by atoms with Crippen molar-refractivity contribution >= 4 is 34.5 Å². The maximum atomic E-state index is 12.3. The fourth-order valence-electron chi connectivity index (χ4n) is 1.59. The number of aryl methyl sites for hydroxylation is 1. The molecule has 3 nitrogen and oxygen atoms in total. The minimum Gasteiger partial charge on any atom is -0.393 e. The Hall–Kier alpha value is -0.940. The van der Waals surface area contributed by atoms with Crippen LogP contribution in [0, 0.1) is 0 Å². The molecule has 94 valence electrons. The summed E-state index contributed by atoms with van der Waals surface area (Å²) in [4.78, 5) is 15.4. The van der Waals surface area contributed by atoms with Gasteiger partial charge in [0.15, 0.2) is 0 Å². The Balaban J connectivity index is 2.75. The predicted octanol–water partition coefficient (Wildman–Crippen LogP) is 2.45. The van der Waals surface area contributed by atoms with Crippen LogP contribution in [0.5, 0.6) is 0 Å². The van der Waals surface area contributed by atoms with Gasteiger partial charge in [-0.05, 0) is 30.4 Å². The van der Waals surface area contributed by atoms with E-state index in [-0.39, 0.29) is 5.91 Å². The van der Waals surface area contributed by atoms with Crippen molar-refractivity contribution in [2.75, 3.05) is 13.1 Å². The highest BCUT2D eigenvalue weighted by molar-refractivity contribution is 7.80. The molecule has 1 amide bonds. The van der Waals surface area contributed by atoms with E-state index in [1.54, 1.807) is 4.90 Å². The number of thiocarbonyl (C=S) groups is 1. The van der Waals surface area contributed by atoms with Crippen LogP contribution in [0.1, 0.15) is 35.5 Å². The third kappa shape index (κ3) is 3.78. The van der Waals surface area contributed by atoms with Gasteiger partial charge in [-0.1, -0.05) is 19.1 Å². The summed E-state index contributed by atoms with van der Waals surface area (Å²) < 4.78 is 0. The molecule has 1 rings (SSSR count). The standard InChI is InChI=1S/C12H18N2OS2/c1-3-9-6-8-17-11(9)12(15)14(4-2)7-5-10(13)16/h6,8H,3-5,7H2,1-2H3,(H2,13,16). The number of thiophene rings is 1. The number of nitrogens with zero attached hydrogens (tertiary/aromatic N) is 1. The lowest BCUT2D eigenvalue weighted by atomic mass is 10.2. The lowest BCUT2D eigenvalue weighted by Crippen LogP contribution is -2.33. The molecule has 17 heavy (non-hydrogen) atoms. The van der Waals surface area contributed by atoms with Gasteiger partial charge in [0.1, 0.15) is 0 Å². The zero-order valence-corrected chi connectivity index (χ0v) is 11.9. The number of hydrogen-bond acceptors (Lipinski definition) is 3. The highest BCUT2D eigenvalue weighted by atomic mass is 32.1. The van der Waals surface area contributed by atoms with E-state index < -0.39 is 0 Å². The minimum atomic E-state index is 0.0931. The van der Waals surface area contributed by atoms with E-state index in [1.807, 2.05) is 18.4 Å². The van der Waals surface area contributed by atoms with Crippen molar-refractivity contribution in [3.63, 3.8) is 0 Å². The molecule has 0 atom stereocenters. The van der Waals surface area contributed by atoms with Gasteiger partial charge < -0.3 is 10.6 Å². The van der Waals surface area contributed by atoms with Crippen molar-refractivity contribution in [3.05, 3.63) is 21.9 Å². The molecule has 0 aliphatic carbocycles. The summed E-state index contributed by atoms with van der Waals surface area (Å²) in [6, 6.07) is 2.01. The lowest BCUT2D eigenvalue weighted by Gasteiger charge is -2.20. The quantitative estimate of drug-likeness (QED) is 0.808. The van der Waals surface area contributed by atoms with Gasteiger partial charge in [-0.3, -0.25) is 4.79 Å². The van der Waals surface area contributed by atoms with Gasteiger partial charge in [0, 0.05) is 19.5 Å². The molecular formula is C12H18N2OS2. The third-order valence-corrected chi connectivity index (χ3v) is 3.77. The highest BCUT2D eigenvalue weighted by Gasteiger charge is 2.18. The summed E-state index contributed by atoms with van der Waals surface area (Å²) in [5.41, 5.74) is 6.59. The smallest absolute Gasteiger partial charge is 0.264 e. The van der Waals surface area contributed by atoms with Crippen molar-refractivity contribution in [3.8, 4) is 0 Å². The first-order chi connectivity index (χ1) is 8.10. The average Bonchev–Trinajstić information content (AvgIpc) is 2.77. The SMILES string of the molecule is CCc1ccsc1C(=O)N(CC)CCC(N)=S. The summed E-state index contributed by atoms with van der Waals surface area (Å²) in [6.07, 6.45) is 1.47. The first-order valence-electron chi connectivity index (χ1n) is 5.74. The van der Waals surface area contributed by atoms with Crippen molar-refractivity contribution < 1.29 is 4.79 Å². The van der Waals surface area contributed by atoms with Gasteiger partial charge in [-0.15, -0.1) is 11.3 Å². The summed E-state index contributed by atoms with van der Waals surface area (Å²) in [5, 5.41) is 1.97. The maximum absolute atomic E-state index is 12.3. The fourth-order valence-corrected chi connectivity index (χ4v) is 2.65. The van der Waals surface area contributed by atoms with E-state index in [0.717, 1.165) is 16.9 Å². The molecule has 5 heteroatoms. The van der Waals surface area contributed by atoms with Gasteiger partial charge in [0.2, 0.25) is 0 Å². The fraction of sp³-hybridized carbons (Fsp3) is 0.500. The van der Waals surface area contributed by atoms with Gasteiger partial charge in [-0.2, -0.15) is 0 Å². The van der Waals surface area contributed by atoms with Crippen LogP contribution in [0.3, 0.4) is 0 Å². The first kappa shape index (κ1) is 14.1. The largest absolute Gasteiger partial charge is 0.393 e. The monoisotopic (exact) mass is 270 g/mol. The third-order valence-electron chi connectivity index (χ3n) is 2.62. The van der Waals surface area contributed by atoms with Crippen molar-refractivity contribution in [1.82, 2.24) is 4.90 Å². The first-order valence-corrected chi connectivity index (χ1v) is 7.02. The Kier molecular flexibility index (Phi) is 5.58. The summed E-state index contributed by atoms with van der Waals surface area (Å²) >= 11 is 6.34. The zero-order chi connectivity index (χ0) is 12.8. The molecule has 0 aliphatic rings. The molecule has 1 aromatic rings. The van der Waals surface area contributed by atoms with E-state index >= 15 is 0 Å². The van der Waals surface area contributed by atoms with E-state index in [2.05, 4.69) is 6.92 Å². The molecule has 2 N–H and O–H groups in total. The Morgan fingerprint density at radius 2 is 2.24 bits per heavy atom. The Labute approximate surface area is 112 Å². The topological polar surface area (TPSA) is 46.3 Å².